The first-order valence-corrected chi connectivity index (χ1v) is 14.7. The standard InChI is InChI=1S/C29H33Cl2N3O4S/c1-6-26(29(36)32-5)33(17-23-24(30)10-8-11-25(23)31)28(35)18-34(27-12-7-9-20(3)21(27)4)39(37,38)22-15-13-19(2)14-16-22/h7-16,26H,6,17-18H2,1-5H3,(H,32,36). The lowest BCUT2D eigenvalue weighted by atomic mass is 10.1. The van der Waals surface area contributed by atoms with Gasteiger partial charge in [0, 0.05) is 29.2 Å². The lowest BCUT2D eigenvalue weighted by molar-refractivity contribution is -0.140. The normalized spacial score (nSPS) is 12.1. The number of carbonyl (C=O) groups excluding carboxylic acids is 2. The van der Waals surface area contributed by atoms with E-state index in [-0.39, 0.29) is 17.3 Å². The molecule has 0 saturated carbocycles. The zero-order valence-electron chi connectivity index (χ0n) is 22.7. The van der Waals surface area contributed by atoms with E-state index in [2.05, 4.69) is 5.32 Å². The third-order valence-corrected chi connectivity index (χ3v) is 9.24. The number of hydrogen-bond acceptors (Lipinski definition) is 4. The SMILES string of the molecule is CCC(C(=O)NC)N(Cc1c(Cl)cccc1Cl)C(=O)CN(c1cccc(C)c1C)S(=O)(=O)c1ccc(C)cc1. The molecule has 0 heterocycles. The average molecular weight is 591 g/mol. The van der Waals surface area contributed by atoms with Crippen molar-refractivity contribution in [2.75, 3.05) is 17.9 Å². The van der Waals surface area contributed by atoms with Crippen molar-refractivity contribution in [1.29, 1.82) is 0 Å². The Balaban J connectivity index is 2.14. The molecular weight excluding hydrogens is 557 g/mol. The monoisotopic (exact) mass is 589 g/mol. The van der Waals surface area contributed by atoms with E-state index in [4.69, 9.17) is 23.2 Å². The molecule has 1 unspecified atom stereocenters. The van der Waals surface area contributed by atoms with Crippen LogP contribution in [-0.2, 0) is 26.2 Å². The summed E-state index contributed by atoms with van der Waals surface area (Å²) in [4.78, 5) is 28.3. The molecule has 1 atom stereocenters. The highest BCUT2D eigenvalue weighted by Gasteiger charge is 2.34. The molecule has 0 aromatic heterocycles. The van der Waals surface area contributed by atoms with Gasteiger partial charge in [-0.05, 0) is 68.7 Å². The number of nitrogens with zero attached hydrogens (tertiary/aromatic N) is 2. The molecule has 1 N–H and O–H groups in total. The third kappa shape index (κ3) is 6.75. The van der Waals surface area contributed by atoms with Gasteiger partial charge in [0.1, 0.15) is 12.6 Å². The molecule has 7 nitrogen and oxygen atoms in total. The summed E-state index contributed by atoms with van der Waals surface area (Å²) in [6.07, 6.45) is 0.293. The van der Waals surface area contributed by atoms with Gasteiger partial charge in [-0.25, -0.2) is 8.42 Å². The fraction of sp³-hybridized carbons (Fsp3) is 0.310. The second kappa shape index (κ2) is 12.9. The van der Waals surface area contributed by atoms with Crippen molar-refractivity contribution in [3.8, 4) is 0 Å². The van der Waals surface area contributed by atoms with E-state index in [0.29, 0.717) is 27.7 Å². The zero-order valence-corrected chi connectivity index (χ0v) is 25.0. The first kappa shape index (κ1) is 30.5. The number of carbonyl (C=O) groups is 2. The van der Waals surface area contributed by atoms with Crippen molar-refractivity contribution in [2.45, 2.75) is 51.6 Å². The van der Waals surface area contributed by atoms with Gasteiger partial charge < -0.3 is 10.2 Å². The molecule has 0 aliphatic rings. The van der Waals surface area contributed by atoms with Crippen LogP contribution in [-0.4, -0.2) is 44.8 Å². The number of anilines is 1. The highest BCUT2D eigenvalue weighted by molar-refractivity contribution is 7.92. The molecule has 3 aromatic rings. The van der Waals surface area contributed by atoms with Gasteiger partial charge in [0.05, 0.1) is 10.6 Å². The van der Waals surface area contributed by atoms with Crippen LogP contribution in [0.4, 0.5) is 5.69 Å². The van der Waals surface area contributed by atoms with E-state index >= 15 is 0 Å². The van der Waals surface area contributed by atoms with Crippen LogP contribution in [0.25, 0.3) is 0 Å². The number of halogens is 2. The molecule has 0 fully saturated rings. The predicted molar refractivity (Wildman–Crippen MR) is 157 cm³/mol. The van der Waals surface area contributed by atoms with Crippen LogP contribution in [0.2, 0.25) is 10.0 Å². The van der Waals surface area contributed by atoms with Gasteiger partial charge in [-0.2, -0.15) is 0 Å². The number of hydrogen-bond donors (Lipinski definition) is 1. The summed E-state index contributed by atoms with van der Waals surface area (Å²) < 4.78 is 29.1. The Morgan fingerprint density at radius 1 is 0.923 bits per heavy atom. The molecule has 0 saturated heterocycles. The minimum absolute atomic E-state index is 0.0563. The Hall–Kier alpha value is -3.07. The van der Waals surface area contributed by atoms with E-state index in [9.17, 15) is 18.0 Å². The largest absolute Gasteiger partial charge is 0.357 e. The minimum atomic E-state index is -4.15. The van der Waals surface area contributed by atoms with Crippen molar-refractivity contribution >= 4 is 50.7 Å². The summed E-state index contributed by atoms with van der Waals surface area (Å²) >= 11 is 12.8. The Morgan fingerprint density at radius 3 is 2.08 bits per heavy atom. The maximum atomic E-state index is 14.1. The summed E-state index contributed by atoms with van der Waals surface area (Å²) in [5.41, 5.74) is 3.35. The number of sulfonamides is 1. The number of rotatable bonds is 10. The lowest BCUT2D eigenvalue weighted by Gasteiger charge is -2.33. The summed E-state index contributed by atoms with van der Waals surface area (Å²) in [6, 6.07) is 15.9. The molecule has 0 aliphatic heterocycles. The summed E-state index contributed by atoms with van der Waals surface area (Å²) in [5, 5.41) is 3.28. The maximum Gasteiger partial charge on any atom is 0.264 e. The Kier molecular flexibility index (Phi) is 10.0. The number of amides is 2. The van der Waals surface area contributed by atoms with Gasteiger partial charge in [-0.15, -0.1) is 0 Å². The molecule has 0 radical (unpaired) electrons. The second-order valence-electron chi connectivity index (χ2n) is 9.30. The average Bonchev–Trinajstić information content (AvgIpc) is 2.90. The van der Waals surface area contributed by atoms with Gasteiger partial charge in [0.2, 0.25) is 11.8 Å². The quantitative estimate of drug-likeness (QED) is 0.330. The van der Waals surface area contributed by atoms with Crippen molar-refractivity contribution in [1.82, 2.24) is 10.2 Å². The molecule has 10 heteroatoms. The van der Waals surface area contributed by atoms with Crippen molar-refractivity contribution < 1.29 is 18.0 Å². The van der Waals surface area contributed by atoms with E-state index in [1.165, 1.54) is 24.1 Å². The Bertz CT molecular complexity index is 1440. The van der Waals surface area contributed by atoms with Crippen LogP contribution in [0.15, 0.2) is 65.6 Å². The molecular formula is C29H33Cl2N3O4S. The number of nitrogens with one attached hydrogen (secondary N) is 1. The Labute approximate surface area is 240 Å². The first-order valence-electron chi connectivity index (χ1n) is 12.5. The van der Waals surface area contributed by atoms with E-state index in [1.54, 1.807) is 49.4 Å². The highest BCUT2D eigenvalue weighted by Crippen LogP contribution is 2.31. The Morgan fingerprint density at radius 2 is 1.51 bits per heavy atom. The molecule has 39 heavy (non-hydrogen) atoms. The summed E-state index contributed by atoms with van der Waals surface area (Å²) in [5.74, 6) is -0.952. The second-order valence-corrected chi connectivity index (χ2v) is 12.0. The van der Waals surface area contributed by atoms with E-state index in [0.717, 1.165) is 21.0 Å². The van der Waals surface area contributed by atoms with E-state index in [1.807, 2.05) is 26.8 Å². The van der Waals surface area contributed by atoms with Gasteiger partial charge >= 0.3 is 0 Å². The van der Waals surface area contributed by atoms with Crippen LogP contribution in [0.3, 0.4) is 0 Å². The topological polar surface area (TPSA) is 86.8 Å². The molecule has 208 valence electrons. The van der Waals surface area contributed by atoms with E-state index < -0.39 is 28.5 Å². The van der Waals surface area contributed by atoms with Gasteiger partial charge in [0.25, 0.3) is 10.0 Å². The lowest BCUT2D eigenvalue weighted by Crippen LogP contribution is -2.52. The maximum absolute atomic E-state index is 14.1. The third-order valence-electron chi connectivity index (χ3n) is 6.76. The van der Waals surface area contributed by atoms with Crippen LogP contribution in [0.1, 0.15) is 35.6 Å². The zero-order chi connectivity index (χ0) is 28.9. The first-order chi connectivity index (χ1) is 18.4. The van der Waals surface area contributed by atoms with Crippen LogP contribution >= 0.6 is 23.2 Å². The molecule has 0 aliphatic carbocycles. The van der Waals surface area contributed by atoms with Crippen LogP contribution in [0, 0.1) is 20.8 Å². The fourth-order valence-corrected chi connectivity index (χ4v) is 6.29. The predicted octanol–water partition coefficient (Wildman–Crippen LogP) is 5.67. The summed E-state index contributed by atoms with van der Waals surface area (Å²) in [7, 11) is -2.67. The van der Waals surface area contributed by atoms with Gasteiger partial charge in [-0.3, -0.25) is 13.9 Å². The minimum Gasteiger partial charge on any atom is -0.357 e. The van der Waals surface area contributed by atoms with Crippen molar-refractivity contribution in [2.24, 2.45) is 0 Å². The fourth-order valence-electron chi connectivity index (χ4n) is 4.30. The van der Waals surface area contributed by atoms with Crippen LogP contribution in [0.5, 0.6) is 0 Å². The summed E-state index contributed by atoms with van der Waals surface area (Å²) in [6.45, 7) is 6.73. The smallest absolute Gasteiger partial charge is 0.264 e. The highest BCUT2D eigenvalue weighted by atomic mass is 35.5. The van der Waals surface area contributed by atoms with Crippen LogP contribution < -0.4 is 9.62 Å². The molecule has 3 rings (SSSR count). The van der Waals surface area contributed by atoms with Crippen molar-refractivity contribution in [3.05, 3.63) is 93.0 Å². The molecule has 0 bridgehead atoms. The van der Waals surface area contributed by atoms with Crippen molar-refractivity contribution in [3.63, 3.8) is 0 Å². The molecule has 2 amide bonds. The number of likely N-dealkylation sites (N-methyl/N-ethyl adjacent to an activating group) is 1. The molecule has 0 spiro atoms. The molecule has 3 aromatic carbocycles. The number of benzene rings is 3. The number of aryl methyl sites for hydroxylation is 2. The van der Waals surface area contributed by atoms with Gasteiger partial charge in [-0.1, -0.05) is 66.0 Å². The van der Waals surface area contributed by atoms with Gasteiger partial charge in [0.15, 0.2) is 0 Å².